The van der Waals surface area contributed by atoms with Crippen LogP contribution in [0.5, 0.6) is 5.75 Å². The zero-order chi connectivity index (χ0) is 34.0. The van der Waals surface area contributed by atoms with Gasteiger partial charge in [0.15, 0.2) is 29.1 Å². The maximum atomic E-state index is 13.9. The van der Waals surface area contributed by atoms with E-state index in [1.807, 2.05) is 0 Å². The Morgan fingerprint density at radius 2 is 1.48 bits per heavy atom. The van der Waals surface area contributed by atoms with Gasteiger partial charge in [-0.1, -0.05) is 12.1 Å². The molecule has 11 heteroatoms. The molecule has 1 aliphatic heterocycles. The second-order valence-electron chi connectivity index (χ2n) is 11.9. The van der Waals surface area contributed by atoms with Crippen LogP contribution in [0.15, 0.2) is 71.8 Å². The van der Waals surface area contributed by atoms with Crippen LogP contribution in [0.1, 0.15) is 47.2 Å². The molecule has 1 saturated heterocycles. The molecule has 0 aromatic heterocycles. The lowest BCUT2D eigenvalue weighted by molar-refractivity contribution is -0.113. The zero-order valence-corrected chi connectivity index (χ0v) is 26.7. The molecule has 5 rings (SSSR count). The highest BCUT2D eigenvalue weighted by Gasteiger charge is 2.29. The molecule has 254 valence electrons. The summed E-state index contributed by atoms with van der Waals surface area (Å²) in [5.74, 6) is -4.35. The molecular weight excluding hydrogens is 628 g/mol. The first-order valence-electron chi connectivity index (χ1n) is 15.9. The van der Waals surface area contributed by atoms with Crippen LogP contribution in [0.4, 0.5) is 17.6 Å². The third-order valence-corrected chi connectivity index (χ3v) is 8.31. The maximum Gasteiger partial charge on any atom is 0.251 e. The predicted octanol–water partition coefficient (Wildman–Crippen LogP) is 6.38. The summed E-state index contributed by atoms with van der Waals surface area (Å²) in [6, 6.07) is 12.7. The molecule has 0 radical (unpaired) electrons. The van der Waals surface area contributed by atoms with Gasteiger partial charge in [-0.25, -0.2) is 17.6 Å². The number of carbonyl (C=O) groups is 2. The normalized spacial score (nSPS) is 19.8. The zero-order valence-electron chi connectivity index (χ0n) is 26.7. The first kappa shape index (κ1) is 35.0. The second kappa shape index (κ2) is 16.7. The average Bonchev–Trinajstić information content (AvgIpc) is 3.59. The van der Waals surface area contributed by atoms with Gasteiger partial charge < -0.3 is 19.5 Å². The number of amides is 1. The standard InChI is InChI=1S/C37H38F4N2O5/c1-46-15-12-43(23-31-3-2-14-47-31)13-16-48-30-8-6-26(7-9-30)37(45)42-29-21-27(17-24-4-10-32(38)34(40)19-24)36(44)28(22-29)18-25-5-11-33(39)35(41)20-25/h4-11,17-20,29,31H,2-3,12-16,21-23H2,1H3,(H,42,45)/b27-17+,28-18+. The quantitative estimate of drug-likeness (QED) is 0.169. The molecule has 1 atom stereocenters. The maximum absolute atomic E-state index is 13.9. The molecule has 2 fully saturated rings. The molecule has 0 bridgehead atoms. The van der Waals surface area contributed by atoms with Gasteiger partial charge in [-0.05, 0) is 97.5 Å². The van der Waals surface area contributed by atoms with E-state index in [0.717, 1.165) is 56.8 Å². The molecule has 7 nitrogen and oxygen atoms in total. The number of ether oxygens (including phenoxy) is 3. The van der Waals surface area contributed by atoms with Crippen LogP contribution >= 0.6 is 0 Å². The van der Waals surface area contributed by atoms with E-state index < -0.39 is 35.1 Å². The Hall–Kier alpha value is -4.32. The van der Waals surface area contributed by atoms with Gasteiger partial charge in [-0.3, -0.25) is 14.5 Å². The van der Waals surface area contributed by atoms with E-state index in [4.69, 9.17) is 14.2 Å². The average molecular weight is 667 g/mol. The van der Waals surface area contributed by atoms with Gasteiger partial charge in [0.2, 0.25) is 0 Å². The van der Waals surface area contributed by atoms with Crippen molar-refractivity contribution in [3.63, 3.8) is 0 Å². The van der Waals surface area contributed by atoms with Crippen molar-refractivity contribution in [1.29, 1.82) is 0 Å². The number of hydrogen-bond acceptors (Lipinski definition) is 6. The van der Waals surface area contributed by atoms with Gasteiger partial charge in [-0.15, -0.1) is 0 Å². The van der Waals surface area contributed by atoms with Crippen LogP contribution in [0.2, 0.25) is 0 Å². The first-order valence-corrected chi connectivity index (χ1v) is 15.9. The number of hydrogen-bond donors (Lipinski definition) is 1. The highest BCUT2D eigenvalue weighted by molar-refractivity contribution is 6.14. The summed E-state index contributed by atoms with van der Waals surface area (Å²) in [5.41, 5.74) is 1.39. The molecule has 1 aliphatic carbocycles. The van der Waals surface area contributed by atoms with Crippen molar-refractivity contribution in [3.8, 4) is 5.75 Å². The molecule has 1 N–H and O–H groups in total. The number of Topliss-reactive ketones (excluding diaryl/α,β-unsaturated/α-hetero) is 1. The van der Waals surface area contributed by atoms with Crippen molar-refractivity contribution in [2.75, 3.05) is 46.6 Å². The van der Waals surface area contributed by atoms with Gasteiger partial charge in [0.1, 0.15) is 12.4 Å². The van der Waals surface area contributed by atoms with E-state index in [-0.39, 0.29) is 47.1 Å². The van der Waals surface area contributed by atoms with E-state index >= 15 is 0 Å². The van der Waals surface area contributed by atoms with Gasteiger partial charge in [0, 0.05) is 56.1 Å². The van der Waals surface area contributed by atoms with E-state index in [0.29, 0.717) is 31.1 Å². The Balaban J connectivity index is 1.25. The largest absolute Gasteiger partial charge is 0.492 e. The molecular formula is C37H38F4N2O5. The van der Waals surface area contributed by atoms with Crippen molar-refractivity contribution in [1.82, 2.24) is 10.2 Å². The molecule has 1 amide bonds. The summed E-state index contributed by atoms with van der Waals surface area (Å²) in [5, 5.41) is 2.95. The van der Waals surface area contributed by atoms with Crippen LogP contribution in [-0.4, -0.2) is 75.3 Å². The first-order chi connectivity index (χ1) is 23.2. The smallest absolute Gasteiger partial charge is 0.251 e. The van der Waals surface area contributed by atoms with E-state index in [9.17, 15) is 27.2 Å². The van der Waals surface area contributed by atoms with Crippen molar-refractivity contribution >= 4 is 23.8 Å². The van der Waals surface area contributed by atoms with Crippen molar-refractivity contribution in [3.05, 3.63) is 112 Å². The number of carbonyl (C=O) groups excluding carboxylic acids is 2. The van der Waals surface area contributed by atoms with Crippen LogP contribution in [0, 0.1) is 23.3 Å². The number of benzene rings is 3. The molecule has 3 aromatic carbocycles. The molecule has 48 heavy (non-hydrogen) atoms. The molecule has 1 heterocycles. The van der Waals surface area contributed by atoms with Gasteiger partial charge >= 0.3 is 0 Å². The third kappa shape index (κ3) is 9.62. The van der Waals surface area contributed by atoms with Crippen molar-refractivity contribution in [2.24, 2.45) is 0 Å². The van der Waals surface area contributed by atoms with Gasteiger partial charge in [0.25, 0.3) is 5.91 Å². The van der Waals surface area contributed by atoms with Crippen molar-refractivity contribution in [2.45, 2.75) is 37.8 Å². The summed E-state index contributed by atoms with van der Waals surface area (Å²) in [7, 11) is 1.67. The summed E-state index contributed by atoms with van der Waals surface area (Å²) < 4.78 is 71.8. The molecule has 1 saturated carbocycles. The molecule has 0 spiro atoms. The Morgan fingerprint density at radius 3 is 2.02 bits per heavy atom. The number of ketones is 1. The lowest BCUT2D eigenvalue weighted by atomic mass is 9.83. The lowest BCUT2D eigenvalue weighted by Gasteiger charge is -2.27. The highest BCUT2D eigenvalue weighted by atomic mass is 19.2. The lowest BCUT2D eigenvalue weighted by Crippen LogP contribution is -2.39. The summed E-state index contributed by atoms with van der Waals surface area (Å²) >= 11 is 0. The fourth-order valence-corrected chi connectivity index (χ4v) is 5.81. The number of methoxy groups -OCH3 is 1. The second-order valence-corrected chi connectivity index (χ2v) is 11.9. The minimum Gasteiger partial charge on any atom is -0.492 e. The molecule has 2 aliphatic rings. The fourth-order valence-electron chi connectivity index (χ4n) is 5.81. The Kier molecular flexibility index (Phi) is 12.2. The number of rotatable bonds is 13. The fraction of sp³-hybridized carbons (Fsp3) is 0.351. The van der Waals surface area contributed by atoms with Crippen LogP contribution in [0.25, 0.3) is 12.2 Å². The van der Waals surface area contributed by atoms with Gasteiger partial charge in [0.05, 0.1) is 12.7 Å². The van der Waals surface area contributed by atoms with E-state index in [1.54, 1.807) is 31.4 Å². The molecule has 1 unspecified atom stereocenters. The number of halogens is 4. The monoisotopic (exact) mass is 666 g/mol. The summed E-state index contributed by atoms with van der Waals surface area (Å²) in [6.45, 7) is 4.11. The van der Waals surface area contributed by atoms with Crippen molar-refractivity contribution < 1.29 is 41.4 Å². The highest BCUT2D eigenvalue weighted by Crippen LogP contribution is 2.30. The topological polar surface area (TPSA) is 77.1 Å². The Labute approximate surface area is 277 Å². The summed E-state index contributed by atoms with van der Waals surface area (Å²) in [6.07, 6.45) is 5.44. The Bertz CT molecular complexity index is 1580. The minimum absolute atomic E-state index is 0.116. The predicted molar refractivity (Wildman–Crippen MR) is 173 cm³/mol. The SMILES string of the molecule is COCCN(CCOc1ccc(C(=O)NC2C/C(=C\c3ccc(F)c(F)c3)C(=O)/C(=C/c3ccc(F)c(F)c3)C2)cc1)CC1CCCO1. The Morgan fingerprint density at radius 1 is 0.875 bits per heavy atom. The molecule has 3 aromatic rings. The van der Waals surface area contributed by atoms with Crippen LogP contribution in [0.3, 0.4) is 0 Å². The van der Waals surface area contributed by atoms with E-state index in [1.165, 1.54) is 24.3 Å². The van der Waals surface area contributed by atoms with Crippen LogP contribution in [-0.2, 0) is 14.3 Å². The third-order valence-electron chi connectivity index (χ3n) is 8.31. The van der Waals surface area contributed by atoms with Gasteiger partial charge in [-0.2, -0.15) is 0 Å². The summed E-state index contributed by atoms with van der Waals surface area (Å²) in [4.78, 5) is 29.0. The van der Waals surface area contributed by atoms with Crippen LogP contribution < -0.4 is 10.1 Å². The minimum atomic E-state index is -1.07. The number of nitrogens with zero attached hydrogens (tertiary/aromatic N) is 1. The van der Waals surface area contributed by atoms with E-state index in [2.05, 4.69) is 10.2 Å². The number of nitrogens with one attached hydrogen (secondary N) is 1.